The molecule has 1 amide bonds. The largest absolute Gasteiger partial charge is 0.350 e. The van der Waals surface area contributed by atoms with E-state index in [9.17, 15) is 4.79 Å². The van der Waals surface area contributed by atoms with Gasteiger partial charge in [-0.2, -0.15) is 4.98 Å². The van der Waals surface area contributed by atoms with E-state index in [0.717, 1.165) is 28.6 Å². The summed E-state index contributed by atoms with van der Waals surface area (Å²) in [6.45, 7) is 0.684. The number of thiophene rings is 1. The first kappa shape index (κ1) is 15.3. The lowest BCUT2D eigenvalue weighted by Crippen LogP contribution is -2.31. The number of fused-ring (bicyclic) bond motifs is 1. The van der Waals surface area contributed by atoms with Gasteiger partial charge in [-0.25, -0.2) is 0 Å². The third kappa shape index (κ3) is 2.50. The van der Waals surface area contributed by atoms with Crippen LogP contribution in [0.2, 0.25) is 0 Å². The molecule has 0 saturated carbocycles. The summed E-state index contributed by atoms with van der Waals surface area (Å²) in [5.41, 5.74) is 2.44. The van der Waals surface area contributed by atoms with Gasteiger partial charge in [0.05, 0.1) is 10.2 Å². The van der Waals surface area contributed by atoms with Crippen molar-refractivity contribution in [3.05, 3.63) is 53.6 Å². The van der Waals surface area contributed by atoms with Crippen LogP contribution >= 0.6 is 11.3 Å². The first-order valence-electron chi connectivity index (χ1n) is 8.41. The summed E-state index contributed by atoms with van der Waals surface area (Å²) in [6, 6.07) is 7.37. The van der Waals surface area contributed by atoms with Crippen molar-refractivity contribution < 1.29 is 9.32 Å². The first-order valence-corrected chi connectivity index (χ1v) is 9.29. The minimum Gasteiger partial charge on any atom is -0.350 e. The summed E-state index contributed by atoms with van der Waals surface area (Å²) in [6.07, 6.45) is 5.11. The molecular weight excluding hydrogens is 350 g/mol. The predicted octanol–water partition coefficient (Wildman–Crippen LogP) is 3.65. The fourth-order valence-electron chi connectivity index (χ4n) is 3.37. The third-order valence-corrected chi connectivity index (χ3v) is 5.51. The fourth-order valence-corrected chi connectivity index (χ4v) is 4.16. The number of H-pyrrole nitrogens is 1. The summed E-state index contributed by atoms with van der Waals surface area (Å²) in [5.74, 6) is 0.970. The van der Waals surface area contributed by atoms with E-state index in [4.69, 9.17) is 4.52 Å². The van der Waals surface area contributed by atoms with Gasteiger partial charge in [-0.05, 0) is 42.5 Å². The first-order chi connectivity index (χ1) is 12.8. The molecule has 0 spiro atoms. The Balaban J connectivity index is 1.43. The maximum Gasteiger partial charge on any atom is 0.271 e. The summed E-state index contributed by atoms with van der Waals surface area (Å²) < 4.78 is 6.56. The average Bonchev–Trinajstić information content (AvgIpc) is 3.44. The molecule has 0 aromatic carbocycles. The monoisotopic (exact) mass is 365 g/mol. The molecule has 1 atom stereocenters. The van der Waals surface area contributed by atoms with E-state index < -0.39 is 0 Å². The predicted molar refractivity (Wildman–Crippen MR) is 96.7 cm³/mol. The Morgan fingerprint density at radius 2 is 2.19 bits per heavy atom. The molecule has 0 radical (unpaired) electrons. The second kappa shape index (κ2) is 6.06. The van der Waals surface area contributed by atoms with Gasteiger partial charge in [0.2, 0.25) is 11.7 Å². The van der Waals surface area contributed by atoms with Crippen molar-refractivity contribution in [3.63, 3.8) is 0 Å². The Bertz CT molecular complexity index is 1040. The second-order valence-corrected chi connectivity index (χ2v) is 7.18. The molecule has 1 fully saturated rings. The number of carbonyl (C=O) groups excluding carboxylic acids is 1. The van der Waals surface area contributed by atoms with Crippen molar-refractivity contribution in [2.75, 3.05) is 6.54 Å². The number of aromatic amines is 1. The summed E-state index contributed by atoms with van der Waals surface area (Å²) in [5, 5.41) is 6.07. The SMILES string of the molecule is O=C(c1cc2sccc2[nH]1)N1CCC[C@H]1c1nc(-c2ccncc2)no1. The highest BCUT2D eigenvalue weighted by Crippen LogP contribution is 2.33. The lowest BCUT2D eigenvalue weighted by molar-refractivity contribution is 0.0705. The van der Waals surface area contributed by atoms with Crippen LogP contribution in [0.3, 0.4) is 0 Å². The molecule has 0 unspecified atom stereocenters. The average molecular weight is 365 g/mol. The molecule has 0 bridgehead atoms. The van der Waals surface area contributed by atoms with E-state index in [1.165, 1.54) is 0 Å². The van der Waals surface area contributed by atoms with Crippen LogP contribution in [0.4, 0.5) is 0 Å². The number of carbonyl (C=O) groups is 1. The summed E-state index contributed by atoms with van der Waals surface area (Å²) in [7, 11) is 0. The fraction of sp³-hybridized carbons (Fsp3) is 0.222. The zero-order chi connectivity index (χ0) is 17.5. The lowest BCUT2D eigenvalue weighted by Gasteiger charge is -2.21. The molecule has 130 valence electrons. The number of nitrogens with zero attached hydrogens (tertiary/aromatic N) is 4. The molecule has 0 aliphatic carbocycles. The van der Waals surface area contributed by atoms with Gasteiger partial charge in [-0.15, -0.1) is 11.3 Å². The number of hydrogen-bond acceptors (Lipinski definition) is 6. The van der Waals surface area contributed by atoms with Crippen LogP contribution in [0.15, 0.2) is 46.6 Å². The van der Waals surface area contributed by atoms with Crippen LogP contribution in [-0.4, -0.2) is 37.5 Å². The topological polar surface area (TPSA) is 87.9 Å². The number of amides is 1. The minimum atomic E-state index is -0.188. The second-order valence-electron chi connectivity index (χ2n) is 6.23. The van der Waals surface area contributed by atoms with E-state index in [0.29, 0.717) is 24.0 Å². The highest BCUT2D eigenvalue weighted by molar-refractivity contribution is 7.17. The number of pyridine rings is 1. The Morgan fingerprint density at radius 1 is 1.31 bits per heavy atom. The molecule has 8 heteroatoms. The van der Waals surface area contributed by atoms with Crippen molar-refractivity contribution in [1.29, 1.82) is 0 Å². The van der Waals surface area contributed by atoms with Crippen LogP contribution < -0.4 is 0 Å². The highest BCUT2D eigenvalue weighted by Gasteiger charge is 2.35. The molecule has 7 nitrogen and oxygen atoms in total. The van der Waals surface area contributed by atoms with Gasteiger partial charge in [0, 0.05) is 24.5 Å². The number of hydrogen-bond donors (Lipinski definition) is 1. The molecular formula is C18H15N5O2S. The van der Waals surface area contributed by atoms with E-state index in [2.05, 4.69) is 20.1 Å². The smallest absolute Gasteiger partial charge is 0.271 e. The Labute approximate surface area is 152 Å². The standard InChI is InChI=1S/C18H15N5O2S/c24-18(13-10-15-12(20-13)5-9-26-15)23-8-1-2-14(23)17-21-16(22-25-17)11-3-6-19-7-4-11/h3-7,9-10,14,20H,1-2,8H2/t14-/m0/s1. The molecule has 4 aromatic heterocycles. The normalized spacial score (nSPS) is 17.2. The highest BCUT2D eigenvalue weighted by atomic mass is 32.1. The Kier molecular flexibility index (Phi) is 3.56. The molecule has 1 aliphatic rings. The molecule has 1 N–H and O–H groups in total. The van der Waals surface area contributed by atoms with Crippen molar-refractivity contribution >= 4 is 27.5 Å². The minimum absolute atomic E-state index is 0.0282. The zero-order valence-corrected chi connectivity index (χ0v) is 14.6. The quantitative estimate of drug-likeness (QED) is 0.599. The summed E-state index contributed by atoms with van der Waals surface area (Å²) in [4.78, 5) is 26.5. The Morgan fingerprint density at radius 3 is 3.04 bits per heavy atom. The van der Waals surface area contributed by atoms with Crippen LogP contribution in [0.5, 0.6) is 0 Å². The maximum atomic E-state index is 13.0. The molecule has 26 heavy (non-hydrogen) atoms. The van der Waals surface area contributed by atoms with Crippen molar-refractivity contribution in [3.8, 4) is 11.4 Å². The van der Waals surface area contributed by atoms with E-state index in [-0.39, 0.29) is 11.9 Å². The van der Waals surface area contributed by atoms with Crippen LogP contribution in [-0.2, 0) is 0 Å². The number of aromatic nitrogens is 4. The number of rotatable bonds is 3. The van der Waals surface area contributed by atoms with E-state index in [1.54, 1.807) is 23.7 Å². The van der Waals surface area contributed by atoms with Gasteiger partial charge in [-0.1, -0.05) is 5.16 Å². The van der Waals surface area contributed by atoms with Crippen molar-refractivity contribution in [2.24, 2.45) is 0 Å². The molecule has 1 saturated heterocycles. The van der Waals surface area contributed by atoms with E-state index >= 15 is 0 Å². The van der Waals surface area contributed by atoms with Gasteiger partial charge in [0.15, 0.2) is 0 Å². The van der Waals surface area contributed by atoms with Crippen LogP contribution in [0, 0.1) is 0 Å². The third-order valence-electron chi connectivity index (χ3n) is 4.65. The lowest BCUT2D eigenvalue weighted by atomic mass is 10.2. The Hall–Kier alpha value is -3.00. The van der Waals surface area contributed by atoms with Crippen LogP contribution in [0.1, 0.15) is 35.3 Å². The molecule has 5 rings (SSSR count). The zero-order valence-electron chi connectivity index (χ0n) is 13.8. The number of likely N-dealkylation sites (tertiary alicyclic amines) is 1. The maximum absolute atomic E-state index is 13.0. The molecule has 4 aromatic rings. The van der Waals surface area contributed by atoms with Gasteiger partial charge < -0.3 is 14.4 Å². The van der Waals surface area contributed by atoms with Gasteiger partial charge in [0.1, 0.15) is 11.7 Å². The molecule has 1 aliphatic heterocycles. The van der Waals surface area contributed by atoms with Gasteiger partial charge in [-0.3, -0.25) is 9.78 Å². The van der Waals surface area contributed by atoms with Crippen molar-refractivity contribution in [2.45, 2.75) is 18.9 Å². The molecule has 5 heterocycles. The summed E-state index contributed by atoms with van der Waals surface area (Å²) >= 11 is 1.62. The van der Waals surface area contributed by atoms with Gasteiger partial charge in [0.25, 0.3) is 5.91 Å². The van der Waals surface area contributed by atoms with Gasteiger partial charge >= 0.3 is 0 Å². The van der Waals surface area contributed by atoms with Crippen LogP contribution in [0.25, 0.3) is 21.6 Å². The number of nitrogens with one attached hydrogen (secondary N) is 1. The van der Waals surface area contributed by atoms with E-state index in [1.807, 2.05) is 34.5 Å². The van der Waals surface area contributed by atoms with Crippen molar-refractivity contribution in [1.82, 2.24) is 25.0 Å².